The van der Waals surface area contributed by atoms with Crippen LogP contribution in [0.5, 0.6) is 11.5 Å². The molecular weight excluding hydrogens is 534 g/mol. The van der Waals surface area contributed by atoms with E-state index in [-0.39, 0.29) is 17.1 Å². The Morgan fingerprint density at radius 3 is 1.46 bits per heavy atom. The minimum atomic E-state index is 0. The second kappa shape index (κ2) is 13.6. The van der Waals surface area contributed by atoms with Gasteiger partial charge in [0.2, 0.25) is 0 Å². The molecular formula is C32H32FeO2P2. The molecule has 0 saturated heterocycles. The van der Waals surface area contributed by atoms with Crippen molar-refractivity contribution in [1.29, 1.82) is 0 Å². The summed E-state index contributed by atoms with van der Waals surface area (Å²) in [6.45, 7) is 4.22. The fourth-order valence-corrected chi connectivity index (χ4v) is 6.41. The zero-order valence-electron chi connectivity index (χ0n) is 21.1. The summed E-state index contributed by atoms with van der Waals surface area (Å²) in [5.41, 5.74) is 3.40. The van der Waals surface area contributed by atoms with Gasteiger partial charge in [-0.05, 0) is 35.7 Å². The van der Waals surface area contributed by atoms with Crippen LogP contribution >= 0.6 is 17.6 Å². The van der Waals surface area contributed by atoms with Crippen LogP contribution in [0.15, 0.2) is 97.1 Å². The summed E-state index contributed by atoms with van der Waals surface area (Å²) in [5, 5.41) is 4.92. The summed E-state index contributed by atoms with van der Waals surface area (Å²) in [6, 6.07) is 25.4. The van der Waals surface area contributed by atoms with Gasteiger partial charge in [0.25, 0.3) is 0 Å². The predicted molar refractivity (Wildman–Crippen MR) is 159 cm³/mol. The Hall–Kier alpha value is -2.14. The van der Waals surface area contributed by atoms with E-state index in [1.165, 1.54) is 32.7 Å². The zero-order valence-corrected chi connectivity index (χ0v) is 24.2. The van der Waals surface area contributed by atoms with E-state index in [2.05, 4.69) is 124 Å². The molecule has 2 nitrogen and oxygen atoms in total. The quantitative estimate of drug-likeness (QED) is 0.100. The molecule has 0 bridgehead atoms. The topological polar surface area (TPSA) is 18.5 Å². The van der Waals surface area contributed by atoms with E-state index in [0.29, 0.717) is 28.9 Å². The molecule has 0 saturated carbocycles. The van der Waals surface area contributed by atoms with Gasteiger partial charge in [0.1, 0.15) is 11.5 Å². The molecule has 5 heteroatoms. The van der Waals surface area contributed by atoms with E-state index in [1.54, 1.807) is 0 Å². The van der Waals surface area contributed by atoms with Crippen molar-refractivity contribution < 1.29 is 26.1 Å². The van der Waals surface area contributed by atoms with Gasteiger partial charge in [0, 0.05) is 28.4 Å². The van der Waals surface area contributed by atoms with E-state index in [4.69, 9.17) is 9.05 Å². The molecule has 4 aromatic carbocycles. The number of allylic oxidation sites excluding steroid dienone is 4. The molecule has 0 fully saturated rings. The first-order chi connectivity index (χ1) is 17.7. The van der Waals surface area contributed by atoms with Crippen molar-refractivity contribution in [2.75, 3.05) is 0 Å². The molecule has 4 atom stereocenters. The summed E-state index contributed by atoms with van der Waals surface area (Å²) < 4.78 is 12.2. The van der Waals surface area contributed by atoms with Crippen LogP contribution in [0, 0.1) is 26.7 Å². The summed E-state index contributed by atoms with van der Waals surface area (Å²) >= 11 is 0. The van der Waals surface area contributed by atoms with Gasteiger partial charge in [0.05, 0.1) is 0 Å². The molecule has 4 aromatic rings. The largest absolute Gasteiger partial charge is 2.00 e. The average Bonchev–Trinajstić information content (AvgIpc) is 3.63. The molecule has 0 radical (unpaired) electrons. The Labute approximate surface area is 235 Å². The normalized spacial score (nSPS) is 18.5. The molecule has 190 valence electrons. The van der Waals surface area contributed by atoms with E-state index in [1.807, 2.05) is 0 Å². The molecule has 6 rings (SSSR count). The Balaban J connectivity index is 0.000000168. The van der Waals surface area contributed by atoms with Crippen LogP contribution < -0.4 is 9.05 Å². The minimum Gasteiger partial charge on any atom is -0.478 e. The molecule has 0 amide bonds. The van der Waals surface area contributed by atoms with Gasteiger partial charge in [-0.1, -0.05) is 84.1 Å². The van der Waals surface area contributed by atoms with Gasteiger partial charge < -0.3 is 21.9 Å². The Kier molecular flexibility index (Phi) is 10.2. The first kappa shape index (κ1) is 27.9. The van der Waals surface area contributed by atoms with Crippen LogP contribution in [0.3, 0.4) is 0 Å². The monoisotopic (exact) mass is 566 g/mol. The summed E-state index contributed by atoms with van der Waals surface area (Å²) in [7, 11) is 0.961. The number of rotatable bonds is 6. The fourth-order valence-electron chi connectivity index (χ4n) is 4.46. The van der Waals surface area contributed by atoms with Crippen LogP contribution in [-0.2, 0) is 17.1 Å². The minimum absolute atomic E-state index is 0. The third kappa shape index (κ3) is 7.04. The van der Waals surface area contributed by atoms with Crippen molar-refractivity contribution >= 4 is 39.2 Å². The Bertz CT molecular complexity index is 1290. The van der Waals surface area contributed by atoms with Gasteiger partial charge in [-0.2, -0.15) is 12.8 Å². The molecule has 37 heavy (non-hydrogen) atoms. The van der Waals surface area contributed by atoms with Gasteiger partial charge in [-0.15, -0.1) is 24.3 Å². The third-order valence-electron chi connectivity index (χ3n) is 6.49. The number of aryl methyl sites for hydroxylation is 2. The van der Waals surface area contributed by atoms with Crippen molar-refractivity contribution in [2.24, 2.45) is 0 Å². The van der Waals surface area contributed by atoms with Crippen LogP contribution in [0.4, 0.5) is 0 Å². The smallest absolute Gasteiger partial charge is 0.478 e. The zero-order chi connectivity index (χ0) is 24.7. The Morgan fingerprint density at radius 2 is 1.05 bits per heavy atom. The van der Waals surface area contributed by atoms with Crippen molar-refractivity contribution in [1.82, 2.24) is 0 Å². The van der Waals surface area contributed by atoms with Gasteiger partial charge >= 0.3 is 17.1 Å². The van der Waals surface area contributed by atoms with Crippen molar-refractivity contribution in [3.8, 4) is 11.5 Å². The predicted octanol–water partition coefficient (Wildman–Crippen LogP) is 9.30. The number of benzene rings is 4. The molecule has 2 aliphatic rings. The first-order valence-corrected chi connectivity index (χ1v) is 14.5. The molecule has 0 aliphatic heterocycles. The second-order valence-electron chi connectivity index (χ2n) is 9.16. The van der Waals surface area contributed by atoms with Gasteiger partial charge in [-0.25, -0.2) is 0 Å². The molecule has 2 aliphatic carbocycles. The number of fused-ring (bicyclic) bond motifs is 2. The fraction of sp³-hybridized carbons (Fsp3) is 0.188. The standard InChI is InChI=1S/2C16H16OP.Fe/c2*1-12-10-11-13-6-2-5-9-15(13)16(12)17-18-14-7-3-4-8-14;/h2*2-3,5-11,14,18H,4H2,1H3;/q2*-1;+2. The van der Waals surface area contributed by atoms with Crippen molar-refractivity contribution in [2.45, 2.75) is 38.0 Å². The van der Waals surface area contributed by atoms with E-state index in [9.17, 15) is 0 Å². The maximum atomic E-state index is 6.08. The van der Waals surface area contributed by atoms with E-state index >= 15 is 0 Å². The van der Waals surface area contributed by atoms with Crippen LogP contribution in [0.25, 0.3) is 21.5 Å². The van der Waals surface area contributed by atoms with Crippen LogP contribution in [-0.4, -0.2) is 11.3 Å². The maximum absolute atomic E-state index is 6.08. The van der Waals surface area contributed by atoms with Crippen LogP contribution in [0.1, 0.15) is 24.0 Å². The van der Waals surface area contributed by atoms with E-state index in [0.717, 1.165) is 24.3 Å². The average molecular weight is 566 g/mol. The number of hydrogen-bond donors (Lipinski definition) is 0. The molecule has 0 aromatic heterocycles. The maximum Gasteiger partial charge on any atom is 2.00 e. The summed E-state index contributed by atoms with van der Waals surface area (Å²) in [5.74, 6) is 2.08. The molecule has 0 spiro atoms. The first-order valence-electron chi connectivity index (χ1n) is 12.5. The molecule has 4 unspecified atom stereocenters. The third-order valence-corrected chi connectivity index (χ3v) is 8.53. The van der Waals surface area contributed by atoms with E-state index < -0.39 is 0 Å². The van der Waals surface area contributed by atoms with Crippen molar-refractivity contribution in [3.63, 3.8) is 0 Å². The summed E-state index contributed by atoms with van der Waals surface area (Å²) in [6.07, 6.45) is 15.6. The SMILES string of the molecule is Cc1ccc2ccccc2c1OPC1C=CC[CH-]1.Cc1ccc2ccccc2c1OPC1C=CC[CH-]1.[Fe+2]. The molecule has 0 heterocycles. The van der Waals surface area contributed by atoms with Gasteiger partial charge in [0.15, 0.2) is 0 Å². The molecule has 0 N–H and O–H groups in total. The second-order valence-corrected chi connectivity index (χ2v) is 11.4. The van der Waals surface area contributed by atoms with Crippen LogP contribution in [0.2, 0.25) is 0 Å². The summed E-state index contributed by atoms with van der Waals surface area (Å²) in [4.78, 5) is 0. The van der Waals surface area contributed by atoms with Gasteiger partial charge in [-0.3, -0.25) is 0 Å². The number of hydrogen-bond acceptors (Lipinski definition) is 2. The Morgan fingerprint density at radius 1 is 0.622 bits per heavy atom. The van der Waals surface area contributed by atoms with Crippen molar-refractivity contribution in [3.05, 3.63) is 121 Å².